The number of hydrogen-bond donors (Lipinski definition) is 1. The molecule has 0 aliphatic heterocycles. The van der Waals surface area contributed by atoms with Gasteiger partial charge < -0.3 is 15.0 Å². The largest absolute Gasteiger partial charge is 0.454 e. The molecule has 0 bridgehead atoms. The Kier molecular flexibility index (Phi) is 5.42. The van der Waals surface area contributed by atoms with Crippen molar-refractivity contribution in [3.63, 3.8) is 0 Å². The van der Waals surface area contributed by atoms with E-state index in [2.05, 4.69) is 15.3 Å². The molecule has 0 aliphatic carbocycles. The molecule has 0 unspecified atom stereocenters. The fourth-order valence-electron chi connectivity index (χ4n) is 1.66. The first-order valence-electron chi connectivity index (χ1n) is 6.64. The van der Waals surface area contributed by atoms with Crippen LogP contribution in [0.4, 0.5) is 11.6 Å². The molecule has 114 valence electrons. The van der Waals surface area contributed by atoms with Gasteiger partial charge >= 0.3 is 5.97 Å². The Labute approximate surface area is 127 Å². The second-order valence-corrected chi connectivity index (χ2v) is 4.48. The molecule has 0 saturated carbocycles. The lowest BCUT2D eigenvalue weighted by Crippen LogP contribution is -2.30. The zero-order valence-electron chi connectivity index (χ0n) is 12.1. The van der Waals surface area contributed by atoms with Crippen LogP contribution < -0.4 is 10.2 Å². The van der Waals surface area contributed by atoms with Crippen LogP contribution in [-0.2, 0) is 14.3 Å². The predicted molar refractivity (Wildman–Crippen MR) is 81.3 cm³/mol. The van der Waals surface area contributed by atoms with Gasteiger partial charge in [-0.2, -0.15) is 0 Å². The summed E-state index contributed by atoms with van der Waals surface area (Å²) in [6, 6.07) is 10.6. The van der Waals surface area contributed by atoms with Crippen LogP contribution in [0.15, 0.2) is 48.8 Å². The van der Waals surface area contributed by atoms with Gasteiger partial charge in [0.15, 0.2) is 6.61 Å². The Balaban J connectivity index is 1.74. The molecule has 7 nitrogen and oxygen atoms in total. The number of amides is 1. The summed E-state index contributed by atoms with van der Waals surface area (Å²) >= 11 is 0. The quantitative estimate of drug-likeness (QED) is 0.804. The molecule has 2 aromatic rings. The Morgan fingerprint density at radius 1 is 1.14 bits per heavy atom. The maximum Gasteiger partial charge on any atom is 0.326 e. The number of carbonyl (C=O) groups excluding carboxylic acids is 2. The minimum absolute atomic E-state index is 0.0391. The third kappa shape index (κ3) is 4.86. The van der Waals surface area contributed by atoms with E-state index in [9.17, 15) is 9.59 Å². The van der Waals surface area contributed by atoms with Crippen LogP contribution in [0.5, 0.6) is 0 Å². The number of likely N-dealkylation sites (N-methyl/N-ethyl adjacent to an activating group) is 1. The topological polar surface area (TPSA) is 84.4 Å². The van der Waals surface area contributed by atoms with E-state index in [1.807, 2.05) is 6.07 Å². The highest BCUT2D eigenvalue weighted by Gasteiger charge is 2.12. The number of nitrogens with zero attached hydrogens (tertiary/aromatic N) is 3. The summed E-state index contributed by atoms with van der Waals surface area (Å²) in [7, 11) is 1.67. The lowest BCUT2D eigenvalue weighted by molar-refractivity contribution is -0.145. The summed E-state index contributed by atoms with van der Waals surface area (Å²) in [6.07, 6.45) is 3.16. The standard InChI is InChI=1S/C15H16N4O3/c1-19(15-16-8-5-9-17-15)10-14(21)22-11-13(20)18-12-6-3-2-4-7-12/h2-9H,10-11H2,1H3,(H,18,20). The van der Waals surface area contributed by atoms with Crippen molar-refractivity contribution < 1.29 is 14.3 Å². The second-order valence-electron chi connectivity index (χ2n) is 4.48. The fourth-order valence-corrected chi connectivity index (χ4v) is 1.66. The highest BCUT2D eigenvalue weighted by molar-refractivity contribution is 5.92. The van der Waals surface area contributed by atoms with Crippen LogP contribution in [0.1, 0.15) is 0 Å². The number of anilines is 2. The number of esters is 1. The van der Waals surface area contributed by atoms with Crippen molar-refractivity contribution in [3.8, 4) is 0 Å². The van der Waals surface area contributed by atoms with Crippen molar-refractivity contribution in [2.45, 2.75) is 0 Å². The van der Waals surface area contributed by atoms with Gasteiger partial charge in [-0.15, -0.1) is 0 Å². The van der Waals surface area contributed by atoms with E-state index < -0.39 is 11.9 Å². The van der Waals surface area contributed by atoms with E-state index in [1.165, 1.54) is 4.90 Å². The monoisotopic (exact) mass is 300 g/mol. The molecule has 0 atom stereocenters. The number of ether oxygens (including phenoxy) is 1. The molecule has 1 amide bonds. The molecule has 0 spiro atoms. The zero-order valence-corrected chi connectivity index (χ0v) is 12.1. The summed E-state index contributed by atoms with van der Waals surface area (Å²) in [6.45, 7) is -0.375. The maximum atomic E-state index is 11.7. The van der Waals surface area contributed by atoms with Gasteiger partial charge in [0, 0.05) is 25.1 Å². The first kappa shape index (κ1) is 15.4. The van der Waals surface area contributed by atoms with Crippen molar-refractivity contribution in [1.29, 1.82) is 0 Å². The molecule has 7 heteroatoms. The van der Waals surface area contributed by atoms with Crippen LogP contribution in [0.25, 0.3) is 0 Å². The molecular weight excluding hydrogens is 284 g/mol. The zero-order chi connectivity index (χ0) is 15.8. The summed E-state index contributed by atoms with van der Waals surface area (Å²) < 4.78 is 4.92. The molecule has 22 heavy (non-hydrogen) atoms. The van der Waals surface area contributed by atoms with E-state index in [1.54, 1.807) is 49.8 Å². The van der Waals surface area contributed by atoms with Crippen molar-refractivity contribution in [2.24, 2.45) is 0 Å². The molecule has 0 radical (unpaired) electrons. The Morgan fingerprint density at radius 2 is 1.82 bits per heavy atom. The average Bonchev–Trinajstić information content (AvgIpc) is 2.55. The Morgan fingerprint density at radius 3 is 2.50 bits per heavy atom. The first-order valence-corrected chi connectivity index (χ1v) is 6.64. The number of rotatable bonds is 6. The first-order chi connectivity index (χ1) is 10.6. The van der Waals surface area contributed by atoms with Crippen molar-refractivity contribution in [2.75, 3.05) is 30.4 Å². The highest BCUT2D eigenvalue weighted by Crippen LogP contribution is 2.05. The summed E-state index contributed by atoms with van der Waals surface area (Å²) in [5.74, 6) is -0.510. The van der Waals surface area contributed by atoms with Gasteiger partial charge in [-0.05, 0) is 18.2 Å². The fraction of sp³-hybridized carbons (Fsp3) is 0.200. The summed E-state index contributed by atoms with van der Waals surface area (Å²) in [4.78, 5) is 32.9. The number of aromatic nitrogens is 2. The van der Waals surface area contributed by atoms with Gasteiger partial charge in [0.25, 0.3) is 5.91 Å². The van der Waals surface area contributed by atoms with Gasteiger partial charge in [-0.1, -0.05) is 18.2 Å². The molecule has 0 saturated heterocycles. The van der Waals surface area contributed by atoms with Crippen molar-refractivity contribution in [3.05, 3.63) is 48.8 Å². The van der Waals surface area contributed by atoms with E-state index in [0.29, 0.717) is 11.6 Å². The number of nitrogens with one attached hydrogen (secondary N) is 1. The SMILES string of the molecule is CN(CC(=O)OCC(=O)Nc1ccccc1)c1ncccn1. The third-order valence-corrected chi connectivity index (χ3v) is 2.68. The molecule has 0 aliphatic rings. The third-order valence-electron chi connectivity index (χ3n) is 2.68. The Bertz CT molecular complexity index is 619. The van der Waals surface area contributed by atoms with E-state index in [0.717, 1.165) is 0 Å². The molecule has 2 rings (SSSR count). The minimum atomic E-state index is -0.529. The molecule has 1 N–H and O–H groups in total. The lowest BCUT2D eigenvalue weighted by Gasteiger charge is -2.15. The summed E-state index contributed by atoms with van der Waals surface area (Å²) in [5.41, 5.74) is 0.651. The molecule has 1 heterocycles. The average molecular weight is 300 g/mol. The molecule has 1 aromatic carbocycles. The smallest absolute Gasteiger partial charge is 0.326 e. The van der Waals surface area contributed by atoms with Crippen LogP contribution >= 0.6 is 0 Å². The normalized spacial score (nSPS) is 9.86. The van der Waals surface area contributed by atoms with Gasteiger partial charge in [0.1, 0.15) is 6.54 Å². The Hall–Kier alpha value is -2.96. The number of hydrogen-bond acceptors (Lipinski definition) is 6. The van der Waals surface area contributed by atoms with E-state index in [4.69, 9.17) is 4.74 Å². The second kappa shape index (κ2) is 7.72. The van der Waals surface area contributed by atoms with E-state index >= 15 is 0 Å². The van der Waals surface area contributed by atoms with Crippen molar-refractivity contribution in [1.82, 2.24) is 9.97 Å². The molecule has 0 fully saturated rings. The van der Waals surface area contributed by atoms with Gasteiger partial charge in [0.2, 0.25) is 5.95 Å². The summed E-state index contributed by atoms with van der Waals surface area (Å²) in [5, 5.41) is 2.63. The van der Waals surface area contributed by atoms with Crippen LogP contribution in [0.3, 0.4) is 0 Å². The van der Waals surface area contributed by atoms with Gasteiger partial charge in [0.05, 0.1) is 0 Å². The highest BCUT2D eigenvalue weighted by atomic mass is 16.5. The number of carbonyl (C=O) groups is 2. The van der Waals surface area contributed by atoms with Gasteiger partial charge in [-0.25, -0.2) is 9.97 Å². The lowest BCUT2D eigenvalue weighted by atomic mass is 10.3. The van der Waals surface area contributed by atoms with Crippen LogP contribution in [0, 0.1) is 0 Å². The van der Waals surface area contributed by atoms with Gasteiger partial charge in [-0.3, -0.25) is 9.59 Å². The molecule has 1 aromatic heterocycles. The predicted octanol–water partition coefficient (Wildman–Crippen LogP) is 1.09. The van der Waals surface area contributed by atoms with Crippen molar-refractivity contribution >= 4 is 23.5 Å². The molecular formula is C15H16N4O3. The van der Waals surface area contributed by atoms with Crippen LogP contribution in [0.2, 0.25) is 0 Å². The minimum Gasteiger partial charge on any atom is -0.454 e. The number of benzene rings is 1. The maximum absolute atomic E-state index is 11.7. The number of para-hydroxylation sites is 1. The van der Waals surface area contributed by atoms with E-state index in [-0.39, 0.29) is 13.2 Å². The van der Waals surface area contributed by atoms with Crippen LogP contribution in [-0.4, -0.2) is 42.0 Å².